The minimum atomic E-state index is -0.223. The lowest BCUT2D eigenvalue weighted by atomic mass is 9.72. The SMILES string of the molecule is CC(C)(C)[C@@H]1CCc2c(sc(NC(=O)CSc3nc4ccccc4c(=O)[nH]3)c2C#N)C1. The van der Waals surface area contributed by atoms with E-state index in [9.17, 15) is 14.9 Å². The molecule has 3 aromatic rings. The number of amides is 1. The quantitative estimate of drug-likeness (QED) is 0.440. The van der Waals surface area contributed by atoms with Gasteiger partial charge in [0.25, 0.3) is 5.56 Å². The van der Waals surface area contributed by atoms with Crippen LogP contribution in [0.4, 0.5) is 5.00 Å². The Bertz CT molecular complexity index is 1250. The lowest BCUT2D eigenvalue weighted by Gasteiger charge is -2.33. The molecule has 0 aliphatic heterocycles. The molecule has 1 atom stereocenters. The number of carbonyl (C=O) groups is 1. The number of rotatable bonds is 4. The van der Waals surface area contributed by atoms with Crippen LogP contribution in [0, 0.1) is 22.7 Å². The number of hydrogen-bond donors (Lipinski definition) is 2. The Morgan fingerprint density at radius 3 is 2.90 bits per heavy atom. The molecule has 1 amide bonds. The van der Waals surface area contributed by atoms with Gasteiger partial charge in [-0.2, -0.15) is 5.26 Å². The topological polar surface area (TPSA) is 98.6 Å². The second-order valence-corrected chi connectivity index (χ2v) is 10.9. The van der Waals surface area contributed by atoms with E-state index in [1.54, 1.807) is 18.2 Å². The number of carbonyl (C=O) groups excluding carboxylic acids is 1. The molecule has 1 aliphatic rings. The van der Waals surface area contributed by atoms with Crippen LogP contribution in [-0.2, 0) is 17.6 Å². The maximum atomic E-state index is 12.6. The Kier molecular flexibility index (Phi) is 5.91. The lowest BCUT2D eigenvalue weighted by Crippen LogP contribution is -2.26. The summed E-state index contributed by atoms with van der Waals surface area (Å²) in [6, 6.07) is 9.39. The zero-order chi connectivity index (χ0) is 22.2. The Morgan fingerprint density at radius 2 is 2.16 bits per heavy atom. The number of thioether (sulfide) groups is 1. The van der Waals surface area contributed by atoms with Gasteiger partial charge in [-0.3, -0.25) is 9.59 Å². The average molecular weight is 453 g/mol. The minimum Gasteiger partial charge on any atom is -0.316 e. The second kappa shape index (κ2) is 8.48. The first kappa shape index (κ1) is 21.6. The van der Waals surface area contributed by atoms with Crippen molar-refractivity contribution in [2.45, 2.75) is 45.2 Å². The first-order chi connectivity index (χ1) is 14.8. The largest absolute Gasteiger partial charge is 0.316 e. The van der Waals surface area contributed by atoms with Crippen molar-refractivity contribution >= 4 is 44.9 Å². The van der Waals surface area contributed by atoms with Gasteiger partial charge in [0.15, 0.2) is 5.16 Å². The van der Waals surface area contributed by atoms with Gasteiger partial charge in [-0.25, -0.2) is 4.98 Å². The van der Waals surface area contributed by atoms with E-state index in [0.29, 0.717) is 32.5 Å². The molecule has 1 aromatic carbocycles. The number of hydrogen-bond acceptors (Lipinski definition) is 6. The molecule has 2 heterocycles. The zero-order valence-electron chi connectivity index (χ0n) is 17.7. The third kappa shape index (κ3) is 4.53. The summed E-state index contributed by atoms with van der Waals surface area (Å²) in [6.07, 6.45) is 2.89. The van der Waals surface area contributed by atoms with Crippen LogP contribution < -0.4 is 10.9 Å². The molecule has 0 bridgehead atoms. The number of aromatic amines is 1. The molecule has 0 saturated heterocycles. The molecule has 31 heavy (non-hydrogen) atoms. The molecular formula is C23H24N4O2S2. The van der Waals surface area contributed by atoms with Gasteiger partial charge in [0.05, 0.1) is 22.2 Å². The Hall–Kier alpha value is -2.63. The summed E-state index contributed by atoms with van der Waals surface area (Å²) in [4.78, 5) is 33.1. The van der Waals surface area contributed by atoms with Crippen molar-refractivity contribution in [3.63, 3.8) is 0 Å². The van der Waals surface area contributed by atoms with E-state index in [2.05, 4.69) is 42.1 Å². The number of H-pyrrole nitrogens is 1. The van der Waals surface area contributed by atoms with Crippen molar-refractivity contribution in [3.8, 4) is 6.07 Å². The summed E-state index contributed by atoms with van der Waals surface area (Å²) in [5, 5.41) is 14.2. The van der Waals surface area contributed by atoms with Crippen molar-refractivity contribution in [2.75, 3.05) is 11.1 Å². The van der Waals surface area contributed by atoms with Gasteiger partial charge in [-0.1, -0.05) is 44.7 Å². The van der Waals surface area contributed by atoms with E-state index < -0.39 is 0 Å². The van der Waals surface area contributed by atoms with Crippen LogP contribution >= 0.6 is 23.1 Å². The predicted octanol–water partition coefficient (Wildman–Crippen LogP) is 4.74. The highest BCUT2D eigenvalue weighted by atomic mass is 32.2. The fourth-order valence-corrected chi connectivity index (χ4v) is 5.92. The monoisotopic (exact) mass is 452 g/mol. The van der Waals surface area contributed by atoms with E-state index >= 15 is 0 Å². The number of benzene rings is 1. The molecule has 6 nitrogen and oxygen atoms in total. The molecule has 4 rings (SSSR count). The van der Waals surface area contributed by atoms with E-state index in [-0.39, 0.29) is 22.6 Å². The lowest BCUT2D eigenvalue weighted by molar-refractivity contribution is -0.113. The molecule has 0 unspecified atom stereocenters. The fourth-order valence-electron chi connectivity index (χ4n) is 3.96. The van der Waals surface area contributed by atoms with Crippen LogP contribution in [0.15, 0.2) is 34.2 Å². The Balaban J connectivity index is 1.47. The number of para-hydroxylation sites is 1. The van der Waals surface area contributed by atoms with Crippen molar-refractivity contribution in [1.29, 1.82) is 5.26 Å². The van der Waals surface area contributed by atoms with E-state index in [4.69, 9.17) is 0 Å². The van der Waals surface area contributed by atoms with Gasteiger partial charge in [-0.05, 0) is 48.3 Å². The Labute approximate surface area is 189 Å². The average Bonchev–Trinajstić information content (AvgIpc) is 3.07. The van der Waals surface area contributed by atoms with E-state index in [1.807, 2.05) is 6.07 Å². The van der Waals surface area contributed by atoms with Crippen LogP contribution in [-0.4, -0.2) is 21.6 Å². The standard InChI is InChI=1S/C23H24N4O2S2/c1-23(2,3)13-8-9-14-16(11-24)21(31-18(14)10-13)26-19(28)12-30-22-25-17-7-5-4-6-15(17)20(29)27-22/h4-7,13H,8-10,12H2,1-3H3,(H,26,28)(H,25,27,29)/t13-/m1/s1. The Morgan fingerprint density at radius 1 is 1.39 bits per heavy atom. The molecule has 0 spiro atoms. The van der Waals surface area contributed by atoms with Gasteiger partial charge in [-0.15, -0.1) is 11.3 Å². The maximum Gasteiger partial charge on any atom is 0.259 e. The fraction of sp³-hybridized carbons (Fsp3) is 0.391. The second-order valence-electron chi connectivity index (χ2n) is 8.85. The molecule has 2 N–H and O–H groups in total. The summed E-state index contributed by atoms with van der Waals surface area (Å²) < 4.78 is 0. The summed E-state index contributed by atoms with van der Waals surface area (Å²) in [6.45, 7) is 6.77. The molecule has 0 saturated carbocycles. The van der Waals surface area contributed by atoms with Crippen molar-refractivity contribution in [3.05, 3.63) is 50.6 Å². The molecule has 160 valence electrons. The molecule has 2 aromatic heterocycles. The van der Waals surface area contributed by atoms with E-state index in [0.717, 1.165) is 24.8 Å². The summed E-state index contributed by atoms with van der Waals surface area (Å²) >= 11 is 2.70. The smallest absolute Gasteiger partial charge is 0.259 e. The highest BCUT2D eigenvalue weighted by Gasteiger charge is 2.32. The third-order valence-electron chi connectivity index (χ3n) is 5.79. The zero-order valence-corrected chi connectivity index (χ0v) is 19.4. The number of nitrogens with one attached hydrogen (secondary N) is 2. The summed E-state index contributed by atoms with van der Waals surface area (Å²) in [7, 11) is 0. The molecule has 8 heteroatoms. The van der Waals surface area contributed by atoms with Gasteiger partial charge < -0.3 is 10.3 Å². The molecular weight excluding hydrogens is 428 g/mol. The van der Waals surface area contributed by atoms with Crippen LogP contribution in [0.5, 0.6) is 0 Å². The number of nitriles is 1. The predicted molar refractivity (Wildman–Crippen MR) is 126 cm³/mol. The number of thiophene rings is 1. The summed E-state index contributed by atoms with van der Waals surface area (Å²) in [5.74, 6) is 0.447. The third-order valence-corrected chi connectivity index (χ3v) is 7.83. The first-order valence-corrected chi connectivity index (χ1v) is 12.0. The first-order valence-electron chi connectivity index (χ1n) is 10.2. The van der Waals surface area contributed by atoms with Gasteiger partial charge in [0, 0.05) is 4.88 Å². The van der Waals surface area contributed by atoms with Gasteiger partial charge in [0.2, 0.25) is 5.91 Å². The summed E-state index contributed by atoms with van der Waals surface area (Å²) in [5.41, 5.74) is 2.29. The van der Waals surface area contributed by atoms with Gasteiger partial charge >= 0.3 is 0 Å². The molecule has 1 aliphatic carbocycles. The highest BCUT2D eigenvalue weighted by molar-refractivity contribution is 7.99. The number of aromatic nitrogens is 2. The van der Waals surface area contributed by atoms with E-state index in [1.165, 1.54) is 28.0 Å². The normalized spacial score (nSPS) is 16.0. The minimum absolute atomic E-state index is 0.0966. The van der Waals surface area contributed by atoms with Crippen molar-refractivity contribution in [2.24, 2.45) is 11.3 Å². The number of fused-ring (bicyclic) bond motifs is 2. The molecule has 0 radical (unpaired) electrons. The molecule has 0 fully saturated rings. The maximum absolute atomic E-state index is 12.6. The van der Waals surface area contributed by atoms with Crippen LogP contribution in [0.2, 0.25) is 0 Å². The van der Waals surface area contributed by atoms with Crippen molar-refractivity contribution in [1.82, 2.24) is 9.97 Å². The number of anilines is 1. The number of nitrogens with zero attached hydrogens (tertiary/aromatic N) is 2. The van der Waals surface area contributed by atoms with Crippen LogP contribution in [0.3, 0.4) is 0 Å². The van der Waals surface area contributed by atoms with Crippen molar-refractivity contribution < 1.29 is 4.79 Å². The van der Waals surface area contributed by atoms with Gasteiger partial charge in [0.1, 0.15) is 11.1 Å². The van der Waals surface area contributed by atoms with Crippen LogP contribution in [0.1, 0.15) is 43.2 Å². The van der Waals surface area contributed by atoms with Crippen LogP contribution in [0.25, 0.3) is 10.9 Å². The highest BCUT2D eigenvalue weighted by Crippen LogP contribution is 2.44.